The maximum Gasteiger partial charge on any atom is 0.285 e. The summed E-state index contributed by atoms with van der Waals surface area (Å²) in [5.41, 5.74) is 5.65. The second-order valence-corrected chi connectivity index (χ2v) is 3.10. The Morgan fingerprint density at radius 3 is 2.50 bits per heavy atom. The third kappa shape index (κ3) is 4.47. The number of rotatable bonds is 4. The van der Waals surface area contributed by atoms with Gasteiger partial charge in [-0.15, -0.1) is 17.5 Å². The van der Waals surface area contributed by atoms with Crippen LogP contribution in [0.3, 0.4) is 0 Å². The normalized spacial score (nSPS) is 10.9. The van der Waals surface area contributed by atoms with Gasteiger partial charge in [0.1, 0.15) is 0 Å². The van der Waals surface area contributed by atoms with Gasteiger partial charge in [0, 0.05) is 6.07 Å². The average molecular weight is 305 g/mol. The fourth-order valence-electron chi connectivity index (χ4n) is 1.09. The van der Waals surface area contributed by atoms with Crippen molar-refractivity contribution in [2.24, 2.45) is 15.9 Å². The molecule has 0 spiro atoms. The molecule has 0 aromatic heterocycles. The molecule has 1 aromatic rings. The number of nitro groups is 2. The molecule has 1 aromatic carbocycles. The minimum absolute atomic E-state index is 0. The summed E-state index contributed by atoms with van der Waals surface area (Å²) in [4.78, 5) is 19.7. The number of hydrogen-bond acceptors (Lipinski definition) is 7. The summed E-state index contributed by atoms with van der Waals surface area (Å²) < 4.78 is 0. The van der Waals surface area contributed by atoms with Gasteiger partial charge in [-0.05, 0) is 6.07 Å². The Balaban J connectivity index is 0.00000361. The first kappa shape index (κ1) is 17.2. The van der Waals surface area contributed by atoms with Crippen molar-refractivity contribution in [1.82, 2.24) is 5.48 Å². The lowest BCUT2D eigenvalue weighted by Gasteiger charge is -1.97. The Bertz CT molecular complexity index is 574. The number of hydroxylamine groups is 1. The van der Waals surface area contributed by atoms with Crippen molar-refractivity contribution in [1.29, 1.82) is 0 Å². The van der Waals surface area contributed by atoms with Crippen LogP contribution in [0, 0.1) is 20.2 Å². The lowest BCUT2D eigenvalue weighted by molar-refractivity contribution is -0.394. The number of nitrogens with zero attached hydrogens (tertiary/aromatic N) is 4. The highest BCUT2D eigenvalue weighted by molar-refractivity contribution is 5.86. The Morgan fingerprint density at radius 2 is 2.00 bits per heavy atom. The van der Waals surface area contributed by atoms with Gasteiger partial charge in [0.05, 0.1) is 27.7 Å². The second kappa shape index (κ2) is 7.60. The Labute approximate surface area is 117 Å². The lowest BCUT2D eigenvalue weighted by Crippen LogP contribution is -2.27. The maximum atomic E-state index is 10.8. The van der Waals surface area contributed by atoms with Crippen LogP contribution in [-0.4, -0.2) is 27.2 Å². The van der Waals surface area contributed by atoms with Crippen molar-refractivity contribution < 1.29 is 15.1 Å². The largest absolute Gasteiger partial charge is 0.367 e. The summed E-state index contributed by atoms with van der Waals surface area (Å²) >= 11 is 0. The van der Waals surface area contributed by atoms with Crippen LogP contribution in [0.5, 0.6) is 0 Å². The van der Waals surface area contributed by atoms with E-state index >= 15 is 0 Å². The molecule has 0 radical (unpaired) electrons. The van der Waals surface area contributed by atoms with Crippen molar-refractivity contribution in [3.63, 3.8) is 0 Å². The highest BCUT2D eigenvalue weighted by Gasteiger charge is 2.18. The number of halogens is 1. The van der Waals surface area contributed by atoms with E-state index in [1.807, 2.05) is 0 Å². The first-order valence-corrected chi connectivity index (χ1v) is 4.65. The standard InChI is InChI=1S/C8H8N6O5.ClH/c9-8(12-15)11-10-4-5-1-2-6(13(16)17)3-7(5)14(18)19;/h1-4,15H,(H3,9,11,12);1H. The minimum Gasteiger partial charge on any atom is -0.367 e. The van der Waals surface area contributed by atoms with Crippen LogP contribution < -0.4 is 11.2 Å². The van der Waals surface area contributed by atoms with Gasteiger partial charge in [0.2, 0.25) is 5.96 Å². The van der Waals surface area contributed by atoms with Crippen molar-refractivity contribution in [3.05, 3.63) is 44.0 Å². The van der Waals surface area contributed by atoms with Gasteiger partial charge < -0.3 is 5.73 Å². The summed E-state index contributed by atoms with van der Waals surface area (Å²) in [5.74, 6) is -0.416. The zero-order valence-corrected chi connectivity index (χ0v) is 10.5. The first-order chi connectivity index (χ1) is 8.95. The molecule has 0 amide bonds. The van der Waals surface area contributed by atoms with Gasteiger partial charge in [-0.2, -0.15) is 5.10 Å². The average Bonchev–Trinajstić information content (AvgIpc) is 2.38. The number of hydrogen-bond donors (Lipinski definition) is 3. The molecule has 0 atom stereocenters. The molecule has 1 rings (SSSR count). The molecule has 0 unspecified atom stereocenters. The Kier molecular flexibility index (Phi) is 6.54. The molecular weight excluding hydrogens is 296 g/mol. The molecule has 0 fully saturated rings. The number of nitro benzene ring substituents is 2. The third-order valence-corrected chi connectivity index (χ3v) is 1.90. The van der Waals surface area contributed by atoms with Gasteiger partial charge in [0.15, 0.2) is 0 Å². The molecule has 108 valence electrons. The number of non-ortho nitro benzene ring substituents is 1. The van der Waals surface area contributed by atoms with Gasteiger partial charge in [0.25, 0.3) is 11.4 Å². The van der Waals surface area contributed by atoms with Gasteiger partial charge in [-0.25, -0.2) is 5.48 Å². The molecule has 0 heterocycles. The topological polar surface area (TPSA) is 169 Å². The van der Waals surface area contributed by atoms with Crippen LogP contribution >= 0.6 is 12.4 Å². The van der Waals surface area contributed by atoms with Crippen LogP contribution in [0.4, 0.5) is 11.4 Å². The third-order valence-electron chi connectivity index (χ3n) is 1.90. The molecule has 0 bridgehead atoms. The predicted molar refractivity (Wildman–Crippen MR) is 71.1 cm³/mol. The van der Waals surface area contributed by atoms with E-state index in [4.69, 9.17) is 10.9 Å². The molecule has 0 saturated carbocycles. The first-order valence-electron chi connectivity index (χ1n) is 4.65. The lowest BCUT2D eigenvalue weighted by atomic mass is 10.2. The van der Waals surface area contributed by atoms with Crippen LogP contribution in [0.1, 0.15) is 5.56 Å². The molecular formula is C8H9ClN6O5. The van der Waals surface area contributed by atoms with Gasteiger partial charge in [-0.1, -0.05) is 0 Å². The quantitative estimate of drug-likeness (QED) is 0.315. The maximum absolute atomic E-state index is 10.8. The monoisotopic (exact) mass is 304 g/mol. The number of benzene rings is 1. The minimum atomic E-state index is -0.786. The zero-order chi connectivity index (χ0) is 14.4. The number of nitrogens with one attached hydrogen (secondary N) is 1. The second-order valence-electron chi connectivity index (χ2n) is 3.10. The summed E-state index contributed by atoms with van der Waals surface area (Å²) in [6, 6.07) is 3.04. The fraction of sp³-hybridized carbons (Fsp3) is 0. The van der Waals surface area contributed by atoms with E-state index in [9.17, 15) is 20.2 Å². The Morgan fingerprint density at radius 1 is 1.35 bits per heavy atom. The highest BCUT2D eigenvalue weighted by Crippen LogP contribution is 2.23. The summed E-state index contributed by atoms with van der Waals surface area (Å²) in [6.45, 7) is 0. The molecule has 11 nitrogen and oxygen atoms in total. The van der Waals surface area contributed by atoms with E-state index in [2.05, 4.69) is 10.2 Å². The van der Waals surface area contributed by atoms with Crippen molar-refractivity contribution >= 4 is 36.0 Å². The highest BCUT2D eigenvalue weighted by atomic mass is 35.5. The van der Waals surface area contributed by atoms with Crippen LogP contribution in [0.2, 0.25) is 0 Å². The number of guanidine groups is 1. The van der Waals surface area contributed by atoms with Gasteiger partial charge >= 0.3 is 0 Å². The zero-order valence-electron chi connectivity index (χ0n) is 9.66. The van der Waals surface area contributed by atoms with E-state index in [-0.39, 0.29) is 18.0 Å². The Hall–Kier alpha value is -2.79. The van der Waals surface area contributed by atoms with E-state index in [1.54, 1.807) is 0 Å². The molecule has 0 aliphatic carbocycles. The fourth-order valence-corrected chi connectivity index (χ4v) is 1.09. The SMILES string of the molecule is Cl.NC(=NN=Cc1ccc([N+](=O)[O-])cc1[N+](=O)[O-])NO. The summed E-state index contributed by atoms with van der Waals surface area (Å²) in [5, 5.41) is 36.2. The predicted octanol–water partition coefficient (Wildman–Crippen LogP) is 0.552. The summed E-state index contributed by atoms with van der Waals surface area (Å²) in [6.07, 6.45) is 0.978. The van der Waals surface area contributed by atoms with E-state index in [0.717, 1.165) is 24.4 Å². The summed E-state index contributed by atoms with van der Waals surface area (Å²) in [7, 11) is 0. The van der Waals surface area contributed by atoms with Gasteiger partial charge in [-0.3, -0.25) is 25.4 Å². The number of nitrogens with two attached hydrogens (primary N) is 1. The molecule has 12 heteroatoms. The van der Waals surface area contributed by atoms with Crippen LogP contribution in [-0.2, 0) is 0 Å². The van der Waals surface area contributed by atoms with Crippen molar-refractivity contribution in [3.8, 4) is 0 Å². The van der Waals surface area contributed by atoms with E-state index < -0.39 is 27.2 Å². The molecule has 0 saturated heterocycles. The smallest absolute Gasteiger partial charge is 0.285 e. The van der Waals surface area contributed by atoms with Crippen LogP contribution in [0.15, 0.2) is 28.4 Å². The molecule has 0 aliphatic heterocycles. The van der Waals surface area contributed by atoms with E-state index in [1.165, 1.54) is 5.48 Å². The van der Waals surface area contributed by atoms with E-state index in [0.29, 0.717) is 0 Å². The molecule has 4 N–H and O–H groups in total. The van der Waals surface area contributed by atoms with Crippen LogP contribution in [0.25, 0.3) is 0 Å². The molecule has 20 heavy (non-hydrogen) atoms. The van der Waals surface area contributed by atoms with Crippen molar-refractivity contribution in [2.45, 2.75) is 0 Å². The molecule has 0 aliphatic rings. The van der Waals surface area contributed by atoms with Crippen molar-refractivity contribution in [2.75, 3.05) is 0 Å².